The summed E-state index contributed by atoms with van der Waals surface area (Å²) < 4.78 is 0. The van der Waals surface area contributed by atoms with Crippen LogP contribution in [0, 0.1) is 17.0 Å². The maximum absolute atomic E-state index is 11.1. The van der Waals surface area contributed by atoms with Gasteiger partial charge in [0, 0.05) is 23.2 Å². The average molecular weight is 294 g/mol. The van der Waals surface area contributed by atoms with E-state index >= 15 is 0 Å². The Balaban J connectivity index is 3.20. The minimum atomic E-state index is -0.918. The van der Waals surface area contributed by atoms with E-state index in [1.165, 1.54) is 6.07 Å². The van der Waals surface area contributed by atoms with E-state index in [0.29, 0.717) is 5.56 Å². The highest BCUT2D eigenvalue weighted by Crippen LogP contribution is 2.30. The number of nitro benzene ring substituents is 1. The first-order chi connectivity index (χ1) is 9.54. The molecule has 1 aromatic carbocycles. The van der Waals surface area contributed by atoms with Gasteiger partial charge in [0.1, 0.15) is 0 Å². The Morgan fingerprint density at radius 2 is 2.00 bits per heavy atom. The van der Waals surface area contributed by atoms with Gasteiger partial charge in [-0.25, -0.2) is 0 Å². The van der Waals surface area contributed by atoms with Crippen LogP contribution < -0.4 is 0 Å². The Hall–Kier alpha value is -1.95. The van der Waals surface area contributed by atoms with Crippen molar-refractivity contribution < 1.29 is 14.8 Å². The Morgan fingerprint density at radius 3 is 2.43 bits per heavy atom. The third kappa shape index (κ3) is 4.26. The third-order valence-corrected chi connectivity index (χ3v) is 3.55. The summed E-state index contributed by atoms with van der Waals surface area (Å²) in [6.07, 6.45) is 0. The molecule has 1 aromatic rings. The van der Waals surface area contributed by atoms with E-state index in [-0.39, 0.29) is 23.8 Å². The highest BCUT2D eigenvalue weighted by molar-refractivity contribution is 5.69. The maximum atomic E-state index is 11.1. The Kier molecular flexibility index (Phi) is 5.06. The van der Waals surface area contributed by atoms with Crippen LogP contribution in [0.1, 0.15) is 44.9 Å². The van der Waals surface area contributed by atoms with Gasteiger partial charge in [0.25, 0.3) is 5.69 Å². The number of carboxylic acids is 1. The fraction of sp³-hybridized carbons (Fsp3) is 0.533. The van der Waals surface area contributed by atoms with Crippen LogP contribution in [-0.2, 0) is 4.79 Å². The Morgan fingerprint density at radius 1 is 1.43 bits per heavy atom. The Labute approximate surface area is 124 Å². The quantitative estimate of drug-likeness (QED) is 0.666. The molecule has 0 saturated heterocycles. The molecule has 1 unspecified atom stereocenters. The molecule has 0 bridgehead atoms. The lowest BCUT2D eigenvalue weighted by atomic mass is 9.97. The van der Waals surface area contributed by atoms with E-state index in [4.69, 9.17) is 5.11 Å². The highest BCUT2D eigenvalue weighted by atomic mass is 16.6. The molecule has 0 aliphatic heterocycles. The molecule has 1 N–H and O–H groups in total. The molecule has 0 aliphatic carbocycles. The van der Waals surface area contributed by atoms with Gasteiger partial charge in [-0.05, 0) is 40.2 Å². The molecule has 21 heavy (non-hydrogen) atoms. The second-order valence-electron chi connectivity index (χ2n) is 6.17. The number of carbonyl (C=O) groups is 1. The smallest absolute Gasteiger partial charge is 0.317 e. The molecule has 116 valence electrons. The van der Waals surface area contributed by atoms with Crippen molar-refractivity contribution in [3.8, 4) is 0 Å². The van der Waals surface area contributed by atoms with Crippen molar-refractivity contribution in [2.75, 3.05) is 6.54 Å². The van der Waals surface area contributed by atoms with E-state index in [1.807, 2.05) is 38.7 Å². The van der Waals surface area contributed by atoms with Gasteiger partial charge in [0.05, 0.1) is 11.5 Å². The monoisotopic (exact) mass is 294 g/mol. The fourth-order valence-electron chi connectivity index (χ4n) is 2.36. The van der Waals surface area contributed by atoms with Crippen molar-refractivity contribution in [3.63, 3.8) is 0 Å². The minimum Gasteiger partial charge on any atom is -0.480 e. The normalized spacial score (nSPS) is 13.2. The molecule has 0 saturated carbocycles. The summed E-state index contributed by atoms with van der Waals surface area (Å²) in [5.41, 5.74) is 1.03. The molecule has 6 heteroatoms. The molecular formula is C15H22N2O4. The maximum Gasteiger partial charge on any atom is 0.317 e. The topological polar surface area (TPSA) is 83.7 Å². The highest BCUT2D eigenvalue weighted by Gasteiger charge is 2.29. The summed E-state index contributed by atoms with van der Waals surface area (Å²) in [6.45, 7) is 9.21. The van der Waals surface area contributed by atoms with E-state index in [1.54, 1.807) is 13.0 Å². The number of aliphatic carboxylic acids is 1. The molecule has 1 rings (SSSR count). The predicted molar refractivity (Wildman–Crippen MR) is 80.3 cm³/mol. The molecule has 0 fully saturated rings. The third-order valence-electron chi connectivity index (χ3n) is 3.55. The molecule has 0 aromatic heterocycles. The molecular weight excluding hydrogens is 272 g/mol. The van der Waals surface area contributed by atoms with Gasteiger partial charge in [0.2, 0.25) is 0 Å². The molecule has 0 amide bonds. The first kappa shape index (κ1) is 17.1. The molecule has 0 heterocycles. The van der Waals surface area contributed by atoms with Gasteiger partial charge in [0.15, 0.2) is 0 Å². The largest absolute Gasteiger partial charge is 0.480 e. The van der Waals surface area contributed by atoms with E-state index < -0.39 is 10.9 Å². The number of hydrogen-bond donors (Lipinski definition) is 1. The van der Waals surface area contributed by atoms with E-state index in [0.717, 1.165) is 5.56 Å². The molecule has 1 atom stereocenters. The number of nitro groups is 1. The first-order valence-electron chi connectivity index (χ1n) is 6.77. The number of aryl methyl sites for hydroxylation is 1. The lowest BCUT2D eigenvalue weighted by molar-refractivity contribution is -0.385. The van der Waals surface area contributed by atoms with Crippen LogP contribution in [-0.4, -0.2) is 33.0 Å². The summed E-state index contributed by atoms with van der Waals surface area (Å²) in [5, 5.41) is 20.1. The standard InChI is InChI=1S/C15H22N2O4/c1-10-6-7-12(8-13(10)17(20)21)11(2)16(9-14(18)19)15(3,4)5/h6-8,11H,9H2,1-5H3,(H,18,19). The van der Waals surface area contributed by atoms with Crippen LogP contribution in [0.4, 0.5) is 5.69 Å². The van der Waals surface area contributed by atoms with Crippen LogP contribution in [0.5, 0.6) is 0 Å². The van der Waals surface area contributed by atoms with E-state index in [9.17, 15) is 14.9 Å². The van der Waals surface area contributed by atoms with Crippen LogP contribution in [0.15, 0.2) is 18.2 Å². The van der Waals surface area contributed by atoms with Crippen molar-refractivity contribution in [2.45, 2.75) is 46.2 Å². The lowest BCUT2D eigenvalue weighted by Crippen LogP contribution is -2.45. The zero-order valence-corrected chi connectivity index (χ0v) is 13.1. The number of rotatable bonds is 5. The Bertz CT molecular complexity index is 549. The summed E-state index contributed by atoms with van der Waals surface area (Å²) in [6, 6.07) is 4.81. The first-order valence-corrected chi connectivity index (χ1v) is 6.77. The number of carboxylic acid groups (broad SMARTS) is 1. The van der Waals surface area contributed by atoms with Gasteiger partial charge in [-0.2, -0.15) is 0 Å². The lowest BCUT2D eigenvalue weighted by Gasteiger charge is -2.39. The molecule has 0 spiro atoms. The number of hydrogen-bond acceptors (Lipinski definition) is 4. The van der Waals surface area contributed by atoms with Gasteiger partial charge >= 0.3 is 5.97 Å². The molecule has 0 radical (unpaired) electrons. The van der Waals surface area contributed by atoms with Crippen LogP contribution >= 0.6 is 0 Å². The van der Waals surface area contributed by atoms with Crippen molar-refractivity contribution in [3.05, 3.63) is 39.4 Å². The zero-order chi connectivity index (χ0) is 16.4. The van der Waals surface area contributed by atoms with Crippen LogP contribution in [0.25, 0.3) is 0 Å². The fourth-order valence-corrected chi connectivity index (χ4v) is 2.36. The SMILES string of the molecule is Cc1ccc(C(C)N(CC(=O)O)C(C)(C)C)cc1[N+](=O)[O-]. The summed E-state index contributed by atoms with van der Waals surface area (Å²) in [7, 11) is 0. The van der Waals surface area contributed by atoms with Gasteiger partial charge < -0.3 is 5.11 Å². The minimum absolute atomic E-state index is 0.0588. The van der Waals surface area contributed by atoms with Crippen molar-refractivity contribution in [1.29, 1.82) is 0 Å². The number of nitrogens with zero attached hydrogens (tertiary/aromatic N) is 2. The van der Waals surface area contributed by atoms with Crippen LogP contribution in [0.3, 0.4) is 0 Å². The molecule has 0 aliphatic rings. The summed E-state index contributed by atoms with van der Waals surface area (Å²) >= 11 is 0. The zero-order valence-electron chi connectivity index (χ0n) is 13.1. The summed E-state index contributed by atoms with van der Waals surface area (Å²) in [5.74, 6) is -0.918. The average Bonchev–Trinajstić information content (AvgIpc) is 2.33. The number of benzene rings is 1. The van der Waals surface area contributed by atoms with Gasteiger partial charge in [-0.1, -0.05) is 12.1 Å². The van der Waals surface area contributed by atoms with Crippen molar-refractivity contribution in [2.24, 2.45) is 0 Å². The second kappa shape index (κ2) is 6.22. The van der Waals surface area contributed by atoms with E-state index in [2.05, 4.69) is 0 Å². The second-order valence-corrected chi connectivity index (χ2v) is 6.17. The van der Waals surface area contributed by atoms with Crippen molar-refractivity contribution >= 4 is 11.7 Å². The molecule has 6 nitrogen and oxygen atoms in total. The summed E-state index contributed by atoms with van der Waals surface area (Å²) in [4.78, 5) is 23.5. The van der Waals surface area contributed by atoms with Gasteiger partial charge in [-0.3, -0.25) is 19.8 Å². The predicted octanol–water partition coefficient (Wildman–Crippen LogP) is 3.15. The van der Waals surface area contributed by atoms with Gasteiger partial charge in [-0.15, -0.1) is 0 Å². The van der Waals surface area contributed by atoms with Crippen molar-refractivity contribution in [1.82, 2.24) is 4.90 Å². The van der Waals surface area contributed by atoms with Crippen LogP contribution in [0.2, 0.25) is 0 Å².